The van der Waals surface area contributed by atoms with Crippen molar-refractivity contribution in [3.05, 3.63) is 59.4 Å². The number of nitrogens with zero attached hydrogens (tertiary/aromatic N) is 1. The third-order valence-corrected chi connectivity index (χ3v) is 6.78. The number of hydrogen-bond acceptors (Lipinski definition) is 3. The number of aryl methyl sites for hydroxylation is 1. The molecule has 2 aromatic carbocycles. The van der Waals surface area contributed by atoms with Crippen molar-refractivity contribution in [3.63, 3.8) is 0 Å². The maximum atomic E-state index is 13.8. The van der Waals surface area contributed by atoms with Gasteiger partial charge < -0.3 is 5.32 Å². The van der Waals surface area contributed by atoms with Crippen molar-refractivity contribution in [1.82, 2.24) is 4.31 Å². The summed E-state index contributed by atoms with van der Waals surface area (Å²) in [6.07, 6.45) is 1.70. The topological polar surface area (TPSA) is 66.5 Å². The molecule has 3 rings (SSSR count). The fourth-order valence-corrected chi connectivity index (χ4v) is 4.55. The Bertz CT molecular complexity index is 934. The van der Waals surface area contributed by atoms with Gasteiger partial charge in [-0.2, -0.15) is 4.31 Å². The number of benzene rings is 2. The Labute approximate surface area is 159 Å². The van der Waals surface area contributed by atoms with Crippen molar-refractivity contribution in [1.29, 1.82) is 0 Å². The van der Waals surface area contributed by atoms with Crippen LogP contribution in [0.4, 0.5) is 10.1 Å². The van der Waals surface area contributed by atoms with Crippen LogP contribution >= 0.6 is 0 Å². The first-order valence-corrected chi connectivity index (χ1v) is 10.4. The van der Waals surface area contributed by atoms with Gasteiger partial charge in [0.25, 0.3) is 5.91 Å². The second-order valence-corrected chi connectivity index (χ2v) is 8.99. The second-order valence-electron chi connectivity index (χ2n) is 7.05. The van der Waals surface area contributed by atoms with Crippen LogP contribution in [0.5, 0.6) is 0 Å². The molecule has 5 nitrogen and oxygen atoms in total. The molecular formula is C20H23FN2O3S. The molecule has 0 aromatic heterocycles. The van der Waals surface area contributed by atoms with Crippen molar-refractivity contribution in [3.8, 4) is 0 Å². The molecule has 1 amide bonds. The lowest BCUT2D eigenvalue weighted by atomic mass is 10.0. The number of anilines is 1. The average Bonchev–Trinajstić information content (AvgIpc) is 2.65. The van der Waals surface area contributed by atoms with Gasteiger partial charge in [0.2, 0.25) is 10.0 Å². The first kappa shape index (κ1) is 19.5. The molecule has 27 heavy (non-hydrogen) atoms. The van der Waals surface area contributed by atoms with Crippen LogP contribution in [0.3, 0.4) is 0 Å². The lowest BCUT2D eigenvalue weighted by Gasteiger charge is -2.29. The van der Waals surface area contributed by atoms with Crippen LogP contribution in [-0.2, 0) is 10.0 Å². The van der Waals surface area contributed by atoms with E-state index in [1.807, 2.05) is 0 Å². The molecular weight excluding hydrogens is 367 g/mol. The van der Waals surface area contributed by atoms with Gasteiger partial charge in [0, 0.05) is 18.7 Å². The Kier molecular flexibility index (Phi) is 5.62. The highest BCUT2D eigenvalue weighted by atomic mass is 32.2. The average molecular weight is 390 g/mol. The maximum Gasteiger partial charge on any atom is 0.255 e. The van der Waals surface area contributed by atoms with Gasteiger partial charge in [-0.15, -0.1) is 0 Å². The standard InChI is InChI=1S/C20H23FN2O3S/c1-14-9-11-23(12-10-14)27(25,26)17-6-4-16(5-7-17)20(24)22-19-13-15(2)3-8-18(19)21/h3-8,13-14H,9-12H2,1-2H3,(H,22,24). The second kappa shape index (κ2) is 7.78. The number of amides is 1. The molecule has 0 radical (unpaired) electrons. The van der Waals surface area contributed by atoms with Crippen molar-refractivity contribution >= 4 is 21.6 Å². The predicted octanol–water partition coefficient (Wildman–Crippen LogP) is 3.81. The van der Waals surface area contributed by atoms with Gasteiger partial charge >= 0.3 is 0 Å². The van der Waals surface area contributed by atoms with Gasteiger partial charge in [0.05, 0.1) is 10.6 Å². The minimum absolute atomic E-state index is 0.0964. The number of sulfonamides is 1. The molecule has 0 saturated carbocycles. The van der Waals surface area contributed by atoms with E-state index in [0.717, 1.165) is 18.4 Å². The van der Waals surface area contributed by atoms with E-state index >= 15 is 0 Å². The van der Waals surface area contributed by atoms with E-state index in [0.29, 0.717) is 19.0 Å². The molecule has 1 heterocycles. The molecule has 2 aromatic rings. The lowest BCUT2D eigenvalue weighted by Crippen LogP contribution is -2.37. The molecule has 0 spiro atoms. The molecule has 0 aliphatic carbocycles. The van der Waals surface area contributed by atoms with Gasteiger partial charge in [-0.3, -0.25) is 4.79 Å². The monoisotopic (exact) mass is 390 g/mol. The summed E-state index contributed by atoms with van der Waals surface area (Å²) in [5.74, 6) is -0.479. The van der Waals surface area contributed by atoms with Gasteiger partial charge in [-0.05, 0) is 67.6 Å². The Morgan fingerprint density at radius 1 is 1.11 bits per heavy atom. The van der Waals surface area contributed by atoms with E-state index in [-0.39, 0.29) is 16.1 Å². The molecule has 7 heteroatoms. The van der Waals surface area contributed by atoms with Crippen LogP contribution in [0.2, 0.25) is 0 Å². The zero-order chi connectivity index (χ0) is 19.6. The maximum absolute atomic E-state index is 13.8. The van der Waals surface area contributed by atoms with Crippen LogP contribution < -0.4 is 5.32 Å². The molecule has 0 bridgehead atoms. The summed E-state index contributed by atoms with van der Waals surface area (Å²) in [5, 5.41) is 2.52. The van der Waals surface area contributed by atoms with Crippen molar-refractivity contribution < 1.29 is 17.6 Å². The Balaban J connectivity index is 1.74. The molecule has 1 saturated heterocycles. The molecule has 1 N–H and O–H groups in total. The largest absolute Gasteiger partial charge is 0.319 e. The molecule has 0 unspecified atom stereocenters. The summed E-state index contributed by atoms with van der Waals surface area (Å²) in [5.41, 5.74) is 1.19. The molecule has 1 fully saturated rings. The molecule has 144 valence electrons. The van der Waals surface area contributed by atoms with Crippen LogP contribution in [0.25, 0.3) is 0 Å². The number of hydrogen-bond donors (Lipinski definition) is 1. The van der Waals surface area contributed by atoms with Crippen molar-refractivity contribution in [2.24, 2.45) is 5.92 Å². The van der Waals surface area contributed by atoms with Crippen molar-refractivity contribution in [2.75, 3.05) is 18.4 Å². The molecule has 0 atom stereocenters. The zero-order valence-corrected chi connectivity index (χ0v) is 16.2. The summed E-state index contributed by atoms with van der Waals surface area (Å²) >= 11 is 0. The fraction of sp³-hybridized carbons (Fsp3) is 0.350. The first-order valence-electron chi connectivity index (χ1n) is 8.95. The molecule has 1 aliphatic rings. The van der Waals surface area contributed by atoms with Gasteiger partial charge in [0.1, 0.15) is 5.82 Å². The fourth-order valence-electron chi connectivity index (χ4n) is 3.08. The lowest BCUT2D eigenvalue weighted by molar-refractivity contribution is 0.102. The quantitative estimate of drug-likeness (QED) is 0.863. The highest BCUT2D eigenvalue weighted by Crippen LogP contribution is 2.24. The number of nitrogens with one attached hydrogen (secondary N) is 1. The first-order chi connectivity index (χ1) is 12.8. The van der Waals surface area contributed by atoms with Gasteiger partial charge in [-0.25, -0.2) is 12.8 Å². The van der Waals surface area contributed by atoms with E-state index in [1.54, 1.807) is 19.1 Å². The summed E-state index contributed by atoms with van der Waals surface area (Å²) in [7, 11) is -3.56. The van der Waals surface area contributed by atoms with E-state index in [2.05, 4.69) is 12.2 Å². The van der Waals surface area contributed by atoms with Crippen LogP contribution in [0, 0.1) is 18.7 Å². The van der Waals surface area contributed by atoms with Gasteiger partial charge in [-0.1, -0.05) is 13.0 Å². The zero-order valence-electron chi connectivity index (χ0n) is 15.4. The number of carbonyl (C=O) groups is 1. The van der Waals surface area contributed by atoms with Crippen molar-refractivity contribution in [2.45, 2.75) is 31.6 Å². The van der Waals surface area contributed by atoms with Crippen LogP contribution in [0.1, 0.15) is 35.7 Å². The molecule has 1 aliphatic heterocycles. The van der Waals surface area contributed by atoms with E-state index in [9.17, 15) is 17.6 Å². The number of carbonyl (C=O) groups excluding carboxylic acids is 1. The number of halogens is 1. The SMILES string of the molecule is Cc1ccc(F)c(NC(=O)c2ccc(S(=O)(=O)N3CCC(C)CC3)cc2)c1. The van der Waals surface area contributed by atoms with E-state index in [1.165, 1.54) is 34.6 Å². The minimum Gasteiger partial charge on any atom is -0.319 e. The summed E-state index contributed by atoms with van der Waals surface area (Å²) in [4.78, 5) is 12.5. The Morgan fingerprint density at radius 2 is 1.74 bits per heavy atom. The summed E-state index contributed by atoms with van der Waals surface area (Å²) in [6, 6.07) is 10.2. The Morgan fingerprint density at radius 3 is 2.37 bits per heavy atom. The predicted molar refractivity (Wildman–Crippen MR) is 103 cm³/mol. The normalized spacial score (nSPS) is 16.3. The van der Waals surface area contributed by atoms with E-state index < -0.39 is 21.7 Å². The highest BCUT2D eigenvalue weighted by Gasteiger charge is 2.28. The number of piperidine rings is 1. The van der Waals surface area contributed by atoms with E-state index in [4.69, 9.17) is 0 Å². The number of rotatable bonds is 4. The summed E-state index contributed by atoms with van der Waals surface area (Å²) < 4.78 is 40.7. The summed E-state index contributed by atoms with van der Waals surface area (Å²) in [6.45, 7) is 4.95. The highest BCUT2D eigenvalue weighted by molar-refractivity contribution is 7.89. The smallest absolute Gasteiger partial charge is 0.255 e. The van der Waals surface area contributed by atoms with Crippen LogP contribution in [0.15, 0.2) is 47.4 Å². The minimum atomic E-state index is -3.56. The van der Waals surface area contributed by atoms with Gasteiger partial charge in [0.15, 0.2) is 0 Å². The Hall–Kier alpha value is -2.25. The third-order valence-electron chi connectivity index (χ3n) is 4.87. The third kappa shape index (κ3) is 4.36. The van der Waals surface area contributed by atoms with Crippen LogP contribution in [-0.4, -0.2) is 31.7 Å².